The highest BCUT2D eigenvalue weighted by molar-refractivity contribution is 7.89. The van der Waals surface area contributed by atoms with Crippen LogP contribution in [0.2, 0.25) is 0 Å². The van der Waals surface area contributed by atoms with Crippen molar-refractivity contribution >= 4 is 10.0 Å². The Labute approximate surface area is 120 Å². The van der Waals surface area contributed by atoms with Gasteiger partial charge in [-0.3, -0.25) is 9.58 Å². The second-order valence-electron chi connectivity index (χ2n) is 5.09. The summed E-state index contributed by atoms with van der Waals surface area (Å²) in [4.78, 5) is 2.54. The highest BCUT2D eigenvalue weighted by Gasteiger charge is 2.30. The molecule has 1 aromatic rings. The summed E-state index contributed by atoms with van der Waals surface area (Å²) in [5.41, 5.74) is 5.74. The maximum atomic E-state index is 12.4. The van der Waals surface area contributed by atoms with E-state index in [2.05, 4.69) is 16.9 Å². The molecule has 1 aromatic heterocycles. The maximum Gasteiger partial charge on any atom is 0.246 e. The highest BCUT2D eigenvalue weighted by atomic mass is 32.2. The zero-order chi connectivity index (χ0) is 14.8. The van der Waals surface area contributed by atoms with E-state index < -0.39 is 10.0 Å². The summed E-state index contributed by atoms with van der Waals surface area (Å²) in [5, 5.41) is 3.93. The van der Waals surface area contributed by atoms with Crippen molar-refractivity contribution in [1.82, 2.24) is 19.0 Å². The van der Waals surface area contributed by atoms with Gasteiger partial charge in [0, 0.05) is 52.0 Å². The molecule has 114 valence electrons. The smallest absolute Gasteiger partial charge is 0.246 e. The lowest BCUT2D eigenvalue weighted by atomic mass is 10.1. The van der Waals surface area contributed by atoms with Gasteiger partial charge >= 0.3 is 0 Å². The molecule has 1 aliphatic heterocycles. The molecule has 1 unspecified atom stereocenters. The van der Waals surface area contributed by atoms with Gasteiger partial charge in [0.2, 0.25) is 10.0 Å². The lowest BCUT2D eigenvalue weighted by molar-refractivity contribution is 0.137. The Balaban J connectivity index is 2.03. The van der Waals surface area contributed by atoms with E-state index in [-0.39, 0.29) is 4.90 Å². The number of rotatable bonds is 5. The topological polar surface area (TPSA) is 84.5 Å². The van der Waals surface area contributed by atoms with Crippen LogP contribution in [0.3, 0.4) is 0 Å². The van der Waals surface area contributed by atoms with E-state index in [0.29, 0.717) is 25.7 Å². The molecule has 8 heteroatoms. The van der Waals surface area contributed by atoms with Crippen LogP contribution in [-0.2, 0) is 17.1 Å². The van der Waals surface area contributed by atoms with Crippen LogP contribution in [0.25, 0.3) is 0 Å². The summed E-state index contributed by atoms with van der Waals surface area (Å²) in [5.74, 6) is 0. The molecule has 0 spiro atoms. The van der Waals surface area contributed by atoms with E-state index in [1.807, 2.05) is 0 Å². The zero-order valence-electron chi connectivity index (χ0n) is 12.1. The van der Waals surface area contributed by atoms with Gasteiger partial charge in [0.05, 0.1) is 6.20 Å². The fraction of sp³-hybridized carbons (Fsp3) is 0.750. The molecule has 1 saturated heterocycles. The summed E-state index contributed by atoms with van der Waals surface area (Å²) in [6.45, 7) is 5.20. The predicted octanol–water partition coefficient (Wildman–Crippen LogP) is -0.536. The molecule has 0 bridgehead atoms. The Morgan fingerprint density at radius 2 is 2.00 bits per heavy atom. The number of piperazine rings is 1. The van der Waals surface area contributed by atoms with E-state index in [1.165, 1.54) is 21.4 Å². The molecule has 2 N–H and O–H groups in total. The Morgan fingerprint density at radius 3 is 2.45 bits per heavy atom. The van der Waals surface area contributed by atoms with Crippen LogP contribution in [0.4, 0.5) is 0 Å². The summed E-state index contributed by atoms with van der Waals surface area (Å²) in [6, 6.07) is 0.346. The third kappa shape index (κ3) is 3.03. The molecular weight excluding hydrogens is 278 g/mol. The Bertz CT molecular complexity index is 530. The minimum absolute atomic E-state index is 0.263. The molecule has 0 saturated carbocycles. The first-order valence-corrected chi connectivity index (χ1v) is 8.36. The van der Waals surface area contributed by atoms with E-state index in [4.69, 9.17) is 5.73 Å². The molecule has 2 heterocycles. The molecule has 0 aromatic carbocycles. The number of hydrogen-bond acceptors (Lipinski definition) is 5. The lowest BCUT2D eigenvalue weighted by Gasteiger charge is -2.37. The van der Waals surface area contributed by atoms with Crippen molar-refractivity contribution in [2.75, 3.05) is 32.7 Å². The van der Waals surface area contributed by atoms with E-state index in [1.54, 1.807) is 7.05 Å². The van der Waals surface area contributed by atoms with Crippen LogP contribution >= 0.6 is 0 Å². The SMILES string of the molecule is CCC(CN)N1CCN(S(=O)(=O)c2cnn(C)c2)CC1. The van der Waals surface area contributed by atoms with Crippen LogP contribution in [0.1, 0.15) is 13.3 Å². The Morgan fingerprint density at radius 1 is 1.35 bits per heavy atom. The first kappa shape index (κ1) is 15.4. The number of hydrogen-bond donors (Lipinski definition) is 1. The van der Waals surface area contributed by atoms with Gasteiger partial charge in [0.15, 0.2) is 0 Å². The molecule has 20 heavy (non-hydrogen) atoms. The van der Waals surface area contributed by atoms with E-state index in [0.717, 1.165) is 19.5 Å². The molecule has 0 aliphatic carbocycles. The van der Waals surface area contributed by atoms with Crippen molar-refractivity contribution in [1.29, 1.82) is 0 Å². The first-order valence-electron chi connectivity index (χ1n) is 6.92. The van der Waals surface area contributed by atoms with Gasteiger partial charge in [-0.1, -0.05) is 6.92 Å². The Kier molecular flexibility index (Phi) is 4.79. The van der Waals surface area contributed by atoms with Crippen molar-refractivity contribution in [3.8, 4) is 0 Å². The fourth-order valence-corrected chi connectivity index (χ4v) is 3.97. The van der Waals surface area contributed by atoms with Gasteiger partial charge in [-0.25, -0.2) is 8.42 Å². The van der Waals surface area contributed by atoms with Gasteiger partial charge in [-0.05, 0) is 6.42 Å². The summed E-state index contributed by atoms with van der Waals surface area (Å²) in [7, 11) is -1.70. The van der Waals surface area contributed by atoms with Crippen molar-refractivity contribution in [2.24, 2.45) is 12.8 Å². The molecule has 1 aliphatic rings. The number of aromatic nitrogens is 2. The average Bonchev–Trinajstić information content (AvgIpc) is 2.88. The number of nitrogens with zero attached hydrogens (tertiary/aromatic N) is 4. The highest BCUT2D eigenvalue weighted by Crippen LogP contribution is 2.18. The minimum atomic E-state index is -3.41. The third-order valence-electron chi connectivity index (χ3n) is 3.85. The molecule has 0 amide bonds. The largest absolute Gasteiger partial charge is 0.329 e. The summed E-state index contributed by atoms with van der Waals surface area (Å²) < 4.78 is 27.9. The second kappa shape index (κ2) is 6.21. The van der Waals surface area contributed by atoms with Crippen LogP contribution < -0.4 is 5.73 Å². The number of sulfonamides is 1. The van der Waals surface area contributed by atoms with Gasteiger partial charge in [0.25, 0.3) is 0 Å². The third-order valence-corrected chi connectivity index (χ3v) is 5.70. The van der Waals surface area contributed by atoms with Crippen LogP contribution in [0.15, 0.2) is 17.3 Å². The van der Waals surface area contributed by atoms with Gasteiger partial charge in [0.1, 0.15) is 4.90 Å². The molecular formula is C12H23N5O2S. The van der Waals surface area contributed by atoms with E-state index >= 15 is 0 Å². The predicted molar refractivity (Wildman–Crippen MR) is 76.7 cm³/mol. The quantitative estimate of drug-likeness (QED) is 0.790. The van der Waals surface area contributed by atoms with Gasteiger partial charge in [-0.15, -0.1) is 0 Å². The first-order chi connectivity index (χ1) is 9.48. The van der Waals surface area contributed by atoms with Crippen LogP contribution in [0.5, 0.6) is 0 Å². The fourth-order valence-electron chi connectivity index (χ4n) is 2.56. The van der Waals surface area contributed by atoms with Crippen molar-refractivity contribution in [3.63, 3.8) is 0 Å². The molecule has 2 rings (SSSR count). The van der Waals surface area contributed by atoms with Crippen LogP contribution in [0, 0.1) is 0 Å². The number of nitrogens with two attached hydrogens (primary N) is 1. The molecule has 1 atom stereocenters. The van der Waals surface area contributed by atoms with Gasteiger partial charge in [-0.2, -0.15) is 9.40 Å². The van der Waals surface area contributed by atoms with Gasteiger partial charge < -0.3 is 5.73 Å². The minimum Gasteiger partial charge on any atom is -0.329 e. The summed E-state index contributed by atoms with van der Waals surface area (Å²) in [6.07, 6.45) is 3.93. The van der Waals surface area contributed by atoms with Crippen molar-refractivity contribution in [3.05, 3.63) is 12.4 Å². The summed E-state index contributed by atoms with van der Waals surface area (Å²) >= 11 is 0. The molecule has 0 radical (unpaired) electrons. The van der Waals surface area contributed by atoms with Crippen molar-refractivity contribution < 1.29 is 8.42 Å². The molecule has 1 fully saturated rings. The Hall–Kier alpha value is -0.960. The number of aryl methyl sites for hydroxylation is 1. The van der Waals surface area contributed by atoms with E-state index in [9.17, 15) is 8.42 Å². The zero-order valence-corrected chi connectivity index (χ0v) is 12.9. The van der Waals surface area contributed by atoms with Crippen molar-refractivity contribution in [2.45, 2.75) is 24.3 Å². The normalized spacial score (nSPS) is 20.1. The standard InChI is InChI=1S/C12H23N5O2S/c1-3-11(8-13)16-4-6-17(7-5-16)20(18,19)12-9-14-15(2)10-12/h9-11H,3-8,13H2,1-2H3. The molecule has 7 nitrogen and oxygen atoms in total. The average molecular weight is 301 g/mol. The van der Waals surface area contributed by atoms with Crippen LogP contribution in [-0.4, -0.2) is 66.2 Å². The monoisotopic (exact) mass is 301 g/mol. The lowest BCUT2D eigenvalue weighted by Crippen LogP contribution is -2.53. The maximum absolute atomic E-state index is 12.4. The second-order valence-corrected chi connectivity index (χ2v) is 7.03.